The van der Waals surface area contributed by atoms with Crippen molar-refractivity contribution in [2.24, 2.45) is 0 Å². The lowest BCUT2D eigenvalue weighted by atomic mass is 10.2. The largest absolute Gasteiger partial charge is 0.338 e. The van der Waals surface area contributed by atoms with Gasteiger partial charge in [-0.15, -0.1) is 10.2 Å². The minimum Gasteiger partial charge on any atom is -0.338 e. The number of para-hydroxylation sites is 2. The molecule has 27 heavy (non-hydrogen) atoms. The Hall–Kier alpha value is -3.46. The number of hydrogen-bond acceptors (Lipinski definition) is 6. The molecule has 4 rings (SSSR count). The molecule has 3 amide bonds. The number of thioether (sulfide) groups is 1. The third-order valence-corrected chi connectivity index (χ3v) is 4.56. The van der Waals surface area contributed by atoms with Gasteiger partial charge in [-0.1, -0.05) is 48.2 Å². The number of carbonyl (C=O) groups excluding carboxylic acids is 2. The summed E-state index contributed by atoms with van der Waals surface area (Å²) in [6, 6.07) is 16.0. The number of amides is 3. The molecule has 8 nitrogen and oxygen atoms in total. The zero-order chi connectivity index (χ0) is 18.6. The van der Waals surface area contributed by atoms with Crippen molar-refractivity contribution in [3.05, 3.63) is 54.6 Å². The minimum absolute atomic E-state index is 0.00434. The van der Waals surface area contributed by atoms with Crippen LogP contribution < -0.4 is 10.6 Å². The number of anilines is 1. The first kappa shape index (κ1) is 17.0. The van der Waals surface area contributed by atoms with Crippen LogP contribution in [0, 0.1) is 0 Å². The number of hydrogen-bond donors (Lipinski definition) is 3. The Kier molecular flexibility index (Phi) is 4.67. The molecule has 0 bridgehead atoms. The van der Waals surface area contributed by atoms with Crippen molar-refractivity contribution in [1.29, 1.82) is 0 Å². The number of benzene rings is 2. The highest BCUT2D eigenvalue weighted by atomic mass is 32.2. The van der Waals surface area contributed by atoms with E-state index >= 15 is 0 Å². The first-order valence-corrected chi connectivity index (χ1v) is 9.07. The van der Waals surface area contributed by atoms with Crippen molar-refractivity contribution in [3.63, 3.8) is 0 Å². The fourth-order valence-electron chi connectivity index (χ4n) is 2.54. The summed E-state index contributed by atoms with van der Waals surface area (Å²) < 4.78 is 0. The van der Waals surface area contributed by atoms with Crippen LogP contribution in [0.2, 0.25) is 0 Å². The molecule has 4 aromatic rings. The van der Waals surface area contributed by atoms with E-state index < -0.39 is 11.9 Å². The molecule has 2 heterocycles. The monoisotopic (exact) mass is 378 g/mol. The third kappa shape index (κ3) is 3.87. The van der Waals surface area contributed by atoms with Gasteiger partial charge in [0.15, 0.2) is 5.65 Å². The van der Waals surface area contributed by atoms with Crippen molar-refractivity contribution >= 4 is 51.5 Å². The van der Waals surface area contributed by atoms with Crippen LogP contribution in [0.3, 0.4) is 0 Å². The molecular formula is C18H14N6O2S. The summed E-state index contributed by atoms with van der Waals surface area (Å²) in [6.45, 7) is 0. The summed E-state index contributed by atoms with van der Waals surface area (Å²) >= 11 is 1.10. The summed E-state index contributed by atoms with van der Waals surface area (Å²) in [5.74, 6) is -0.455. The second-order valence-corrected chi connectivity index (χ2v) is 6.56. The van der Waals surface area contributed by atoms with Gasteiger partial charge in [0.25, 0.3) is 0 Å². The summed E-state index contributed by atoms with van der Waals surface area (Å²) in [5.41, 5.74) is 2.82. The summed E-state index contributed by atoms with van der Waals surface area (Å²) in [6.07, 6.45) is 0. The van der Waals surface area contributed by atoms with Gasteiger partial charge in [0, 0.05) is 16.6 Å². The van der Waals surface area contributed by atoms with Gasteiger partial charge in [-0.3, -0.25) is 10.1 Å². The predicted octanol–water partition coefficient (Wildman–Crippen LogP) is 2.95. The molecule has 3 N–H and O–H groups in total. The maximum absolute atomic E-state index is 11.9. The van der Waals surface area contributed by atoms with E-state index in [9.17, 15) is 9.59 Å². The zero-order valence-corrected chi connectivity index (χ0v) is 14.8. The number of nitrogens with zero attached hydrogens (tertiary/aromatic N) is 3. The van der Waals surface area contributed by atoms with Gasteiger partial charge < -0.3 is 10.3 Å². The second-order valence-electron chi connectivity index (χ2n) is 5.62. The molecule has 0 atom stereocenters. The standard InChI is InChI=1S/C18H14N6O2S/c25-14(21-17(26)19-11-6-2-1-3-7-11)10-27-18-22-16-15(23-24-18)12-8-4-5-9-13(12)20-16/h1-9H,10H2,(H,20,22,24)(H2,19,21,25,26). The van der Waals surface area contributed by atoms with E-state index in [2.05, 4.69) is 30.8 Å². The highest BCUT2D eigenvalue weighted by Gasteiger charge is 2.12. The smallest absolute Gasteiger partial charge is 0.325 e. The van der Waals surface area contributed by atoms with E-state index in [1.165, 1.54) is 0 Å². The Morgan fingerprint density at radius 3 is 2.63 bits per heavy atom. The average Bonchev–Trinajstić information content (AvgIpc) is 3.05. The Labute approximate surface area is 157 Å². The first-order chi connectivity index (χ1) is 13.2. The van der Waals surface area contributed by atoms with Crippen LogP contribution >= 0.6 is 11.8 Å². The number of aromatic amines is 1. The van der Waals surface area contributed by atoms with Crippen LogP contribution in [0.1, 0.15) is 0 Å². The second kappa shape index (κ2) is 7.42. The van der Waals surface area contributed by atoms with Gasteiger partial charge >= 0.3 is 6.03 Å². The minimum atomic E-state index is -0.586. The van der Waals surface area contributed by atoms with E-state index in [1.54, 1.807) is 24.3 Å². The summed E-state index contributed by atoms with van der Waals surface area (Å²) in [5, 5.41) is 14.4. The molecule has 0 radical (unpaired) electrons. The molecular weight excluding hydrogens is 364 g/mol. The summed E-state index contributed by atoms with van der Waals surface area (Å²) in [4.78, 5) is 31.3. The number of H-pyrrole nitrogens is 1. The fraction of sp³-hybridized carbons (Fsp3) is 0.0556. The number of carbonyl (C=O) groups is 2. The molecule has 0 saturated heterocycles. The van der Waals surface area contributed by atoms with Crippen molar-refractivity contribution in [2.75, 3.05) is 11.1 Å². The van der Waals surface area contributed by atoms with Gasteiger partial charge in [-0.05, 0) is 18.2 Å². The lowest BCUT2D eigenvalue weighted by molar-refractivity contribution is -0.117. The maximum Gasteiger partial charge on any atom is 0.325 e. The Morgan fingerprint density at radius 2 is 1.78 bits per heavy atom. The van der Waals surface area contributed by atoms with Gasteiger partial charge in [-0.2, -0.15) is 0 Å². The quantitative estimate of drug-likeness (QED) is 0.471. The van der Waals surface area contributed by atoms with Crippen LogP contribution in [-0.2, 0) is 4.79 Å². The number of nitrogens with one attached hydrogen (secondary N) is 3. The van der Waals surface area contributed by atoms with Crippen LogP contribution in [0.4, 0.5) is 10.5 Å². The van der Waals surface area contributed by atoms with Gasteiger partial charge in [-0.25, -0.2) is 9.78 Å². The lowest BCUT2D eigenvalue weighted by Crippen LogP contribution is -2.35. The predicted molar refractivity (Wildman–Crippen MR) is 104 cm³/mol. The van der Waals surface area contributed by atoms with Gasteiger partial charge in [0.05, 0.1) is 5.75 Å². The molecule has 0 unspecified atom stereocenters. The molecule has 134 valence electrons. The number of imide groups is 1. The molecule has 2 aromatic carbocycles. The van der Waals surface area contributed by atoms with Crippen LogP contribution in [0.15, 0.2) is 59.8 Å². The van der Waals surface area contributed by atoms with E-state index in [0.29, 0.717) is 22.0 Å². The third-order valence-electron chi connectivity index (χ3n) is 3.72. The summed E-state index contributed by atoms with van der Waals surface area (Å²) in [7, 11) is 0. The maximum atomic E-state index is 11.9. The lowest BCUT2D eigenvalue weighted by Gasteiger charge is -2.06. The van der Waals surface area contributed by atoms with E-state index in [4.69, 9.17) is 0 Å². The Morgan fingerprint density at radius 1 is 1.00 bits per heavy atom. The van der Waals surface area contributed by atoms with Gasteiger partial charge in [0.1, 0.15) is 5.52 Å². The van der Waals surface area contributed by atoms with Crippen LogP contribution in [0.5, 0.6) is 0 Å². The molecule has 0 saturated carbocycles. The molecule has 9 heteroatoms. The zero-order valence-electron chi connectivity index (χ0n) is 14.0. The van der Waals surface area contributed by atoms with E-state index in [1.807, 2.05) is 30.3 Å². The van der Waals surface area contributed by atoms with Gasteiger partial charge in [0.2, 0.25) is 11.1 Å². The molecule has 0 aliphatic rings. The molecule has 0 spiro atoms. The number of rotatable bonds is 4. The molecule has 0 aliphatic heterocycles. The molecule has 0 fully saturated rings. The highest BCUT2D eigenvalue weighted by molar-refractivity contribution is 7.99. The normalized spacial score (nSPS) is 10.8. The van der Waals surface area contributed by atoms with Crippen molar-refractivity contribution < 1.29 is 9.59 Å². The average molecular weight is 378 g/mol. The topological polar surface area (TPSA) is 113 Å². The van der Waals surface area contributed by atoms with E-state index in [0.717, 1.165) is 22.7 Å². The van der Waals surface area contributed by atoms with E-state index in [-0.39, 0.29) is 5.75 Å². The highest BCUT2D eigenvalue weighted by Crippen LogP contribution is 2.23. The number of fused-ring (bicyclic) bond motifs is 3. The first-order valence-electron chi connectivity index (χ1n) is 8.09. The SMILES string of the molecule is O=C(CSc1nnc2c(n1)[nH]c1ccccc12)NC(=O)Nc1ccccc1. The van der Waals surface area contributed by atoms with Crippen LogP contribution in [0.25, 0.3) is 22.1 Å². The van der Waals surface area contributed by atoms with Crippen molar-refractivity contribution in [3.8, 4) is 0 Å². The Balaban J connectivity index is 1.37. The number of aromatic nitrogens is 4. The van der Waals surface area contributed by atoms with Crippen LogP contribution in [-0.4, -0.2) is 37.9 Å². The Bertz CT molecular complexity index is 1130. The number of urea groups is 1. The molecule has 2 aromatic heterocycles. The molecule has 0 aliphatic carbocycles. The van der Waals surface area contributed by atoms with Crippen molar-refractivity contribution in [1.82, 2.24) is 25.5 Å². The fourth-order valence-corrected chi connectivity index (χ4v) is 3.13. The van der Waals surface area contributed by atoms with Crippen molar-refractivity contribution in [2.45, 2.75) is 5.16 Å².